The molecule has 1 rings (SSSR count). The van der Waals surface area contributed by atoms with Crippen LogP contribution in [-0.2, 0) is 0 Å². The summed E-state index contributed by atoms with van der Waals surface area (Å²) in [4.78, 5) is 12.3. The number of Topliss-reactive ketones (excluding diaryl/α,β-unsaturated/α-hetero) is 1. The Hall–Kier alpha value is -1.22. The molecule has 0 aromatic heterocycles. The van der Waals surface area contributed by atoms with E-state index >= 15 is 0 Å². The molecule has 0 amide bonds. The van der Waals surface area contributed by atoms with Crippen molar-refractivity contribution in [3.63, 3.8) is 0 Å². The summed E-state index contributed by atoms with van der Waals surface area (Å²) in [5.41, 5.74) is 6.68. The number of benzene rings is 1. The van der Waals surface area contributed by atoms with E-state index in [1.807, 2.05) is 19.9 Å². The lowest BCUT2D eigenvalue weighted by atomic mass is 9.83. The number of halogens is 1. The van der Waals surface area contributed by atoms with Crippen molar-refractivity contribution in [1.82, 2.24) is 0 Å². The smallest absolute Gasteiger partial charge is 0.185 e. The molecule has 0 heterocycles. The van der Waals surface area contributed by atoms with E-state index in [-0.39, 0.29) is 11.3 Å². The molecule has 0 radical (unpaired) electrons. The second kappa shape index (κ2) is 4.96. The number of carbonyl (C=O) groups excluding carboxylic acids is 1. The highest BCUT2D eigenvalue weighted by Gasteiger charge is 2.33. The van der Waals surface area contributed by atoms with E-state index in [0.717, 1.165) is 5.56 Å². The Morgan fingerprint density at radius 3 is 2.24 bits per heavy atom. The molecule has 0 bridgehead atoms. The minimum absolute atomic E-state index is 0.141. The first-order valence-corrected chi connectivity index (χ1v) is 5.96. The Balaban J connectivity index is 3.30. The van der Waals surface area contributed by atoms with Gasteiger partial charge in [-0.3, -0.25) is 4.79 Å². The van der Waals surface area contributed by atoms with Gasteiger partial charge in [-0.2, -0.15) is 0 Å². The zero-order valence-electron chi connectivity index (χ0n) is 10.9. The average molecular weight is 237 g/mol. The molecule has 0 atom stereocenters. The van der Waals surface area contributed by atoms with Crippen LogP contribution in [0.4, 0.5) is 4.39 Å². The largest absolute Gasteiger partial charge is 0.319 e. The van der Waals surface area contributed by atoms with Crippen LogP contribution in [0.2, 0.25) is 0 Å². The first-order valence-electron chi connectivity index (χ1n) is 5.96. The minimum atomic E-state index is -0.957. The molecule has 1 aromatic rings. The predicted molar refractivity (Wildman–Crippen MR) is 67.7 cm³/mol. The topological polar surface area (TPSA) is 43.1 Å². The van der Waals surface area contributed by atoms with Gasteiger partial charge < -0.3 is 5.73 Å². The van der Waals surface area contributed by atoms with Gasteiger partial charge in [-0.15, -0.1) is 0 Å². The van der Waals surface area contributed by atoms with Gasteiger partial charge in [-0.25, -0.2) is 4.39 Å². The molecule has 0 aliphatic heterocycles. The Morgan fingerprint density at radius 1 is 1.29 bits per heavy atom. The van der Waals surface area contributed by atoms with Gasteiger partial charge in [0.05, 0.1) is 11.1 Å². The number of hydrogen-bond donors (Lipinski definition) is 1. The lowest BCUT2D eigenvalue weighted by molar-refractivity contribution is 0.0874. The van der Waals surface area contributed by atoms with Gasteiger partial charge in [0, 0.05) is 0 Å². The zero-order valence-corrected chi connectivity index (χ0v) is 10.9. The van der Waals surface area contributed by atoms with Crippen molar-refractivity contribution in [3.8, 4) is 0 Å². The first kappa shape index (κ1) is 13.8. The van der Waals surface area contributed by atoms with E-state index in [4.69, 9.17) is 5.73 Å². The molecule has 0 saturated carbocycles. The fourth-order valence-electron chi connectivity index (χ4n) is 2.02. The lowest BCUT2D eigenvalue weighted by Gasteiger charge is -2.26. The summed E-state index contributed by atoms with van der Waals surface area (Å²) in [5, 5.41) is 0. The maximum Gasteiger partial charge on any atom is 0.185 e. The molecular weight excluding hydrogens is 217 g/mol. The second-order valence-corrected chi connectivity index (χ2v) is 4.63. The second-order valence-electron chi connectivity index (χ2n) is 4.63. The van der Waals surface area contributed by atoms with Crippen molar-refractivity contribution in [2.45, 2.75) is 46.1 Å². The molecule has 2 N–H and O–H groups in total. The Labute approximate surface area is 102 Å². The number of ketones is 1. The molecule has 0 aliphatic rings. The average Bonchev–Trinajstić information content (AvgIpc) is 2.26. The third-order valence-corrected chi connectivity index (χ3v) is 3.37. The Kier molecular flexibility index (Phi) is 4.04. The molecule has 17 heavy (non-hydrogen) atoms. The van der Waals surface area contributed by atoms with Crippen molar-refractivity contribution < 1.29 is 9.18 Å². The van der Waals surface area contributed by atoms with Crippen molar-refractivity contribution in [3.05, 3.63) is 34.6 Å². The van der Waals surface area contributed by atoms with Gasteiger partial charge in [0.2, 0.25) is 0 Å². The summed E-state index contributed by atoms with van der Waals surface area (Å²) in [6.45, 7) is 7.25. The zero-order chi connectivity index (χ0) is 13.2. The molecule has 0 aliphatic carbocycles. The molecule has 0 fully saturated rings. The summed E-state index contributed by atoms with van der Waals surface area (Å²) >= 11 is 0. The van der Waals surface area contributed by atoms with Crippen LogP contribution in [0, 0.1) is 19.7 Å². The summed E-state index contributed by atoms with van der Waals surface area (Å²) in [6, 6.07) is 3.19. The van der Waals surface area contributed by atoms with Crippen LogP contribution in [0.15, 0.2) is 12.1 Å². The summed E-state index contributed by atoms with van der Waals surface area (Å²) in [6.07, 6.45) is 1.02. The van der Waals surface area contributed by atoms with E-state index in [9.17, 15) is 9.18 Å². The van der Waals surface area contributed by atoms with Crippen LogP contribution in [0.3, 0.4) is 0 Å². The number of nitrogens with two attached hydrogens (primary N) is 1. The lowest BCUT2D eigenvalue weighted by Crippen LogP contribution is -2.47. The van der Waals surface area contributed by atoms with Crippen LogP contribution in [0.1, 0.15) is 48.2 Å². The maximum absolute atomic E-state index is 13.9. The summed E-state index contributed by atoms with van der Waals surface area (Å²) in [5.74, 6) is -0.762. The molecule has 2 nitrogen and oxygen atoms in total. The monoisotopic (exact) mass is 237 g/mol. The molecule has 1 aromatic carbocycles. The third-order valence-electron chi connectivity index (χ3n) is 3.37. The van der Waals surface area contributed by atoms with Crippen LogP contribution in [0.25, 0.3) is 0 Å². The fraction of sp³-hybridized carbons (Fsp3) is 0.500. The van der Waals surface area contributed by atoms with Crippen LogP contribution >= 0.6 is 0 Å². The van der Waals surface area contributed by atoms with Crippen molar-refractivity contribution in [2.75, 3.05) is 0 Å². The quantitative estimate of drug-likeness (QED) is 0.817. The van der Waals surface area contributed by atoms with E-state index in [1.54, 1.807) is 13.8 Å². The standard InChI is InChI=1S/C14H20FNO/c1-5-14(16,6-2)13(17)12-10(4)7-9(3)8-11(12)15/h7-8H,5-6,16H2,1-4H3. The number of hydrogen-bond acceptors (Lipinski definition) is 2. The van der Waals surface area contributed by atoms with E-state index < -0.39 is 11.4 Å². The van der Waals surface area contributed by atoms with Gasteiger partial charge in [0.25, 0.3) is 0 Å². The highest BCUT2D eigenvalue weighted by atomic mass is 19.1. The highest BCUT2D eigenvalue weighted by molar-refractivity contribution is 6.04. The van der Waals surface area contributed by atoms with Crippen LogP contribution < -0.4 is 5.73 Å². The molecule has 0 spiro atoms. The van der Waals surface area contributed by atoms with Gasteiger partial charge in [-0.05, 0) is 43.9 Å². The van der Waals surface area contributed by atoms with E-state index in [2.05, 4.69) is 0 Å². The molecule has 3 heteroatoms. The van der Waals surface area contributed by atoms with Crippen LogP contribution in [0.5, 0.6) is 0 Å². The van der Waals surface area contributed by atoms with Crippen molar-refractivity contribution >= 4 is 5.78 Å². The molecular formula is C14H20FNO. The normalized spacial score (nSPS) is 11.6. The Morgan fingerprint density at radius 2 is 1.82 bits per heavy atom. The molecule has 0 unspecified atom stereocenters. The number of aryl methyl sites for hydroxylation is 2. The molecule has 94 valence electrons. The summed E-state index contributed by atoms with van der Waals surface area (Å²) < 4.78 is 13.9. The van der Waals surface area contributed by atoms with Crippen molar-refractivity contribution in [2.24, 2.45) is 5.73 Å². The Bertz CT molecular complexity index is 413. The van der Waals surface area contributed by atoms with Gasteiger partial charge >= 0.3 is 0 Å². The SMILES string of the molecule is CCC(N)(CC)C(=O)c1c(C)cc(C)cc1F. The number of carbonyl (C=O) groups is 1. The van der Waals surface area contributed by atoms with Gasteiger partial charge in [-0.1, -0.05) is 19.9 Å². The maximum atomic E-state index is 13.9. The fourth-order valence-corrected chi connectivity index (χ4v) is 2.02. The van der Waals surface area contributed by atoms with Crippen molar-refractivity contribution in [1.29, 1.82) is 0 Å². The third kappa shape index (κ3) is 2.55. The highest BCUT2D eigenvalue weighted by Crippen LogP contribution is 2.24. The number of rotatable bonds is 4. The predicted octanol–water partition coefficient (Wildman–Crippen LogP) is 3.14. The van der Waals surface area contributed by atoms with Crippen LogP contribution in [-0.4, -0.2) is 11.3 Å². The van der Waals surface area contributed by atoms with Gasteiger partial charge in [0.1, 0.15) is 5.82 Å². The minimum Gasteiger partial charge on any atom is -0.319 e. The van der Waals surface area contributed by atoms with Gasteiger partial charge in [0.15, 0.2) is 5.78 Å². The summed E-state index contributed by atoms with van der Waals surface area (Å²) in [7, 11) is 0. The van der Waals surface area contributed by atoms with E-state index in [1.165, 1.54) is 6.07 Å². The first-order chi connectivity index (χ1) is 7.85. The van der Waals surface area contributed by atoms with E-state index in [0.29, 0.717) is 18.4 Å². The molecule has 0 saturated heterocycles.